The molecule has 0 spiro atoms. The van der Waals surface area contributed by atoms with Crippen molar-refractivity contribution in [1.29, 1.82) is 0 Å². The molecule has 0 saturated heterocycles. The molecule has 0 atom stereocenters. The fourth-order valence-corrected chi connectivity index (χ4v) is 3.52. The van der Waals surface area contributed by atoms with Gasteiger partial charge >= 0.3 is 0 Å². The van der Waals surface area contributed by atoms with Crippen LogP contribution < -0.4 is 4.90 Å². The zero-order valence-corrected chi connectivity index (χ0v) is 13.8. The van der Waals surface area contributed by atoms with Crippen molar-refractivity contribution in [3.63, 3.8) is 0 Å². The molecule has 1 aliphatic rings. The molecule has 2 heterocycles. The van der Waals surface area contributed by atoms with Gasteiger partial charge < -0.3 is 4.90 Å². The number of benzene rings is 2. The largest absolute Gasteiger partial charge is 0.308 e. The quantitative estimate of drug-likeness (QED) is 0.673. The first-order valence-electron chi connectivity index (χ1n) is 8.27. The van der Waals surface area contributed by atoms with Gasteiger partial charge in [0.25, 0.3) is 5.91 Å². The van der Waals surface area contributed by atoms with Gasteiger partial charge in [-0.05, 0) is 42.7 Å². The number of amides is 1. The van der Waals surface area contributed by atoms with Crippen molar-refractivity contribution >= 4 is 28.4 Å². The van der Waals surface area contributed by atoms with E-state index in [1.165, 1.54) is 29.8 Å². The Labute approximate surface area is 144 Å². The van der Waals surface area contributed by atoms with Crippen molar-refractivity contribution in [3.05, 3.63) is 65.6 Å². The van der Waals surface area contributed by atoms with Gasteiger partial charge in [-0.2, -0.15) is 0 Å². The zero-order valence-electron chi connectivity index (χ0n) is 13.8. The number of carbonyl (C=O) groups excluding carboxylic acids is 2. The van der Waals surface area contributed by atoms with Gasteiger partial charge in [0.15, 0.2) is 0 Å². The molecule has 0 aliphatic carbocycles. The normalized spacial score (nSPS) is 13.8. The summed E-state index contributed by atoms with van der Waals surface area (Å²) in [5.41, 5.74) is 2.89. The monoisotopic (exact) mass is 336 g/mol. The first-order chi connectivity index (χ1) is 12.1. The number of rotatable bonds is 1. The average Bonchev–Trinajstić information content (AvgIpc) is 2.99. The zero-order chi connectivity index (χ0) is 17.6. The van der Waals surface area contributed by atoms with Crippen LogP contribution in [0.1, 0.15) is 34.1 Å². The number of aromatic nitrogens is 1. The maximum Gasteiger partial charge on any atom is 0.260 e. The number of carbonyl (C=O) groups is 2. The summed E-state index contributed by atoms with van der Waals surface area (Å²) in [5, 5.41) is 0.588. The minimum absolute atomic E-state index is 0.163. The van der Waals surface area contributed by atoms with E-state index in [9.17, 15) is 14.0 Å². The van der Waals surface area contributed by atoms with Crippen LogP contribution >= 0.6 is 0 Å². The summed E-state index contributed by atoms with van der Waals surface area (Å²) in [5.74, 6) is -0.854. The van der Waals surface area contributed by atoms with Crippen LogP contribution in [-0.4, -0.2) is 22.9 Å². The number of hydrogen-bond acceptors (Lipinski definition) is 2. The van der Waals surface area contributed by atoms with Gasteiger partial charge in [-0.25, -0.2) is 4.39 Å². The topological polar surface area (TPSA) is 42.3 Å². The Morgan fingerprint density at radius 1 is 1.12 bits per heavy atom. The van der Waals surface area contributed by atoms with Crippen LogP contribution in [0, 0.1) is 5.82 Å². The van der Waals surface area contributed by atoms with Crippen molar-refractivity contribution in [2.45, 2.75) is 19.8 Å². The van der Waals surface area contributed by atoms with Gasteiger partial charge in [-0.1, -0.05) is 18.2 Å². The summed E-state index contributed by atoms with van der Waals surface area (Å²) in [6.45, 7) is 2.03. The second kappa shape index (κ2) is 5.84. The molecule has 0 bridgehead atoms. The van der Waals surface area contributed by atoms with Gasteiger partial charge in [-0.3, -0.25) is 14.2 Å². The molecule has 0 saturated carbocycles. The van der Waals surface area contributed by atoms with Crippen molar-refractivity contribution in [1.82, 2.24) is 4.57 Å². The molecule has 126 valence electrons. The molecule has 25 heavy (non-hydrogen) atoms. The highest BCUT2D eigenvalue weighted by Crippen LogP contribution is 2.30. The third-order valence-corrected chi connectivity index (χ3v) is 4.69. The number of nitrogens with zero attached hydrogens (tertiary/aromatic N) is 2. The van der Waals surface area contributed by atoms with Gasteiger partial charge in [0.05, 0.1) is 11.1 Å². The number of fused-ring (bicyclic) bond motifs is 2. The van der Waals surface area contributed by atoms with E-state index >= 15 is 0 Å². The highest BCUT2D eigenvalue weighted by Gasteiger charge is 2.26. The fraction of sp³-hybridized carbons (Fsp3) is 0.200. The predicted octanol–water partition coefficient (Wildman–Crippen LogP) is 4.03. The Balaban J connectivity index is 1.86. The van der Waals surface area contributed by atoms with Crippen molar-refractivity contribution < 1.29 is 14.0 Å². The van der Waals surface area contributed by atoms with Crippen LogP contribution in [0.25, 0.3) is 10.9 Å². The lowest BCUT2D eigenvalue weighted by atomic mass is 10.0. The maximum atomic E-state index is 13.6. The number of para-hydroxylation sites is 1. The van der Waals surface area contributed by atoms with E-state index < -0.39 is 5.82 Å². The summed E-state index contributed by atoms with van der Waals surface area (Å²) < 4.78 is 15.0. The second-order valence-corrected chi connectivity index (χ2v) is 6.28. The van der Waals surface area contributed by atoms with Crippen LogP contribution in [0.3, 0.4) is 0 Å². The number of hydrogen-bond donors (Lipinski definition) is 0. The van der Waals surface area contributed by atoms with Crippen LogP contribution in [0.15, 0.2) is 48.7 Å². The standard InChI is InChI=1S/C20H17FN2O2/c1-13(24)23-12-17(16-9-8-15(21)11-19(16)23)20(25)22-10-4-6-14-5-2-3-7-18(14)22/h2-3,5,7-9,11-12H,4,6,10H2,1H3. The molecule has 0 radical (unpaired) electrons. The Bertz CT molecular complexity index is 1010. The SMILES string of the molecule is CC(=O)n1cc(C(=O)N2CCCc3ccccc32)c2ccc(F)cc21. The molecule has 1 aliphatic heterocycles. The van der Waals surface area contributed by atoms with Gasteiger partial charge in [0.1, 0.15) is 5.82 Å². The van der Waals surface area contributed by atoms with Crippen molar-refractivity contribution in [2.24, 2.45) is 0 Å². The molecule has 4 nitrogen and oxygen atoms in total. The third kappa shape index (κ3) is 2.52. The molecular formula is C20H17FN2O2. The molecule has 1 amide bonds. The first kappa shape index (κ1) is 15.6. The molecule has 0 N–H and O–H groups in total. The average molecular weight is 336 g/mol. The summed E-state index contributed by atoms with van der Waals surface area (Å²) in [6, 6.07) is 12.0. The van der Waals surface area contributed by atoms with E-state index in [4.69, 9.17) is 0 Å². The van der Waals surface area contributed by atoms with E-state index in [-0.39, 0.29) is 11.8 Å². The first-order valence-corrected chi connectivity index (χ1v) is 8.27. The minimum atomic E-state index is -0.435. The molecular weight excluding hydrogens is 319 g/mol. The van der Waals surface area contributed by atoms with Crippen LogP contribution in [-0.2, 0) is 6.42 Å². The lowest BCUT2D eigenvalue weighted by Gasteiger charge is -2.29. The summed E-state index contributed by atoms with van der Waals surface area (Å²) >= 11 is 0. The van der Waals surface area contributed by atoms with Crippen LogP contribution in [0.4, 0.5) is 10.1 Å². The molecule has 0 unspecified atom stereocenters. The summed E-state index contributed by atoms with van der Waals surface area (Å²) in [4.78, 5) is 26.9. The Kier molecular flexibility index (Phi) is 3.64. The Morgan fingerprint density at radius 2 is 1.92 bits per heavy atom. The van der Waals surface area contributed by atoms with Crippen LogP contribution in [0.2, 0.25) is 0 Å². The lowest BCUT2D eigenvalue weighted by Crippen LogP contribution is -2.35. The van der Waals surface area contributed by atoms with Crippen LogP contribution in [0.5, 0.6) is 0 Å². The third-order valence-electron chi connectivity index (χ3n) is 4.69. The predicted molar refractivity (Wildman–Crippen MR) is 94.6 cm³/mol. The molecule has 4 rings (SSSR count). The van der Waals surface area contributed by atoms with Gasteiger partial charge in [-0.15, -0.1) is 0 Å². The number of aryl methyl sites for hydroxylation is 1. The maximum absolute atomic E-state index is 13.6. The van der Waals surface area contributed by atoms with Crippen molar-refractivity contribution in [2.75, 3.05) is 11.4 Å². The fourth-order valence-electron chi connectivity index (χ4n) is 3.52. The van der Waals surface area contributed by atoms with E-state index in [1.807, 2.05) is 24.3 Å². The van der Waals surface area contributed by atoms with Crippen molar-refractivity contribution in [3.8, 4) is 0 Å². The Hall–Kier alpha value is -2.95. The molecule has 0 fully saturated rings. The van der Waals surface area contributed by atoms with E-state index in [1.54, 1.807) is 11.0 Å². The molecule has 3 aromatic rings. The summed E-state index contributed by atoms with van der Waals surface area (Å²) in [7, 11) is 0. The Morgan fingerprint density at radius 3 is 2.72 bits per heavy atom. The van der Waals surface area contributed by atoms with Gasteiger partial charge in [0, 0.05) is 30.7 Å². The minimum Gasteiger partial charge on any atom is -0.308 e. The highest BCUT2D eigenvalue weighted by molar-refractivity contribution is 6.15. The van der Waals surface area contributed by atoms with E-state index in [0.29, 0.717) is 23.0 Å². The molecule has 5 heteroatoms. The van der Waals surface area contributed by atoms with E-state index in [0.717, 1.165) is 24.1 Å². The summed E-state index contributed by atoms with van der Waals surface area (Å²) in [6.07, 6.45) is 3.36. The highest BCUT2D eigenvalue weighted by atomic mass is 19.1. The molecule has 2 aromatic carbocycles. The number of anilines is 1. The molecule has 1 aromatic heterocycles. The smallest absolute Gasteiger partial charge is 0.260 e. The number of halogens is 1. The van der Waals surface area contributed by atoms with Gasteiger partial charge in [0.2, 0.25) is 5.91 Å². The lowest BCUT2D eigenvalue weighted by molar-refractivity contribution is 0.0941. The second-order valence-electron chi connectivity index (χ2n) is 6.28. The van der Waals surface area contributed by atoms with E-state index in [2.05, 4.69) is 0 Å².